The molecule has 6 heteroatoms. The van der Waals surface area contributed by atoms with Crippen LogP contribution in [-0.4, -0.2) is 39.6 Å². The van der Waals surface area contributed by atoms with E-state index in [1.54, 1.807) is 11.8 Å². The molecular formula is C12H16ClN3O2. The number of halogens is 1. The zero-order chi connectivity index (χ0) is 13.3. The third kappa shape index (κ3) is 2.73. The minimum absolute atomic E-state index is 0.177. The van der Waals surface area contributed by atoms with Crippen molar-refractivity contribution in [3.05, 3.63) is 22.8 Å². The van der Waals surface area contributed by atoms with Crippen molar-refractivity contribution < 1.29 is 9.90 Å². The third-order valence-corrected chi connectivity index (χ3v) is 3.38. The maximum Gasteiger partial charge on any atom is 0.255 e. The predicted molar refractivity (Wildman–Crippen MR) is 69.4 cm³/mol. The summed E-state index contributed by atoms with van der Waals surface area (Å²) in [6, 6.07) is 1.51. The molecule has 1 aromatic heterocycles. The molecule has 0 aliphatic carbocycles. The number of rotatable bonds is 1. The Balaban J connectivity index is 2.18. The number of nitrogens with zero attached hydrogens (tertiary/aromatic N) is 2. The molecule has 1 unspecified atom stereocenters. The Morgan fingerprint density at radius 1 is 1.67 bits per heavy atom. The summed E-state index contributed by atoms with van der Waals surface area (Å²) in [4.78, 5) is 17.7. The van der Waals surface area contributed by atoms with Crippen LogP contribution in [0.3, 0.4) is 0 Å². The van der Waals surface area contributed by atoms with E-state index in [-0.39, 0.29) is 16.7 Å². The lowest BCUT2D eigenvalue weighted by molar-refractivity contribution is -0.0107. The molecule has 0 spiro atoms. The van der Waals surface area contributed by atoms with Crippen molar-refractivity contribution in [1.29, 1.82) is 0 Å². The Morgan fingerprint density at radius 3 is 3.00 bits per heavy atom. The van der Waals surface area contributed by atoms with Crippen LogP contribution in [0.1, 0.15) is 30.1 Å². The first-order chi connectivity index (χ1) is 8.39. The molecule has 98 valence electrons. The second kappa shape index (κ2) is 4.74. The number of pyridine rings is 1. The number of carbonyl (C=O) groups is 1. The Bertz CT molecular complexity index is 476. The van der Waals surface area contributed by atoms with E-state index in [1.165, 1.54) is 12.3 Å². The lowest BCUT2D eigenvalue weighted by Gasteiger charge is -2.36. The summed E-state index contributed by atoms with van der Waals surface area (Å²) in [6.45, 7) is 2.70. The lowest BCUT2D eigenvalue weighted by atomic mass is 9.95. The van der Waals surface area contributed by atoms with Gasteiger partial charge < -0.3 is 15.7 Å². The summed E-state index contributed by atoms with van der Waals surface area (Å²) in [5.41, 5.74) is 5.08. The maximum absolute atomic E-state index is 12.2. The van der Waals surface area contributed by atoms with E-state index >= 15 is 0 Å². The van der Waals surface area contributed by atoms with Gasteiger partial charge in [0.1, 0.15) is 5.82 Å². The van der Waals surface area contributed by atoms with Gasteiger partial charge in [-0.05, 0) is 25.8 Å². The average molecular weight is 270 g/mol. The molecule has 1 amide bonds. The number of nitrogens with two attached hydrogens (primary N) is 1. The largest absolute Gasteiger partial charge is 0.388 e. The molecule has 1 atom stereocenters. The van der Waals surface area contributed by atoms with Crippen LogP contribution in [0.15, 0.2) is 12.3 Å². The number of nitrogen functional groups attached to an aromatic ring is 1. The normalized spacial score (nSPS) is 24.1. The van der Waals surface area contributed by atoms with E-state index in [4.69, 9.17) is 17.3 Å². The molecular weight excluding hydrogens is 254 g/mol. The number of aliphatic hydroxyl groups is 1. The number of likely N-dealkylation sites (tertiary alicyclic amines) is 1. The highest BCUT2D eigenvalue weighted by Gasteiger charge is 2.31. The number of carbonyl (C=O) groups excluding carboxylic acids is 1. The minimum atomic E-state index is -0.820. The summed E-state index contributed by atoms with van der Waals surface area (Å²) >= 11 is 5.85. The fourth-order valence-corrected chi connectivity index (χ4v) is 2.31. The second-order valence-corrected chi connectivity index (χ2v) is 5.33. The number of hydrogen-bond donors (Lipinski definition) is 2. The molecule has 3 N–H and O–H groups in total. The molecule has 0 radical (unpaired) electrons. The van der Waals surface area contributed by atoms with E-state index in [1.807, 2.05) is 0 Å². The van der Waals surface area contributed by atoms with Crippen LogP contribution in [0.5, 0.6) is 0 Å². The van der Waals surface area contributed by atoms with Crippen molar-refractivity contribution in [2.24, 2.45) is 0 Å². The number of aromatic nitrogens is 1. The van der Waals surface area contributed by atoms with Gasteiger partial charge in [0.05, 0.1) is 16.2 Å². The molecule has 0 saturated carbocycles. The highest BCUT2D eigenvalue weighted by molar-refractivity contribution is 6.33. The number of amides is 1. The van der Waals surface area contributed by atoms with E-state index in [2.05, 4.69) is 4.98 Å². The Morgan fingerprint density at radius 2 is 2.39 bits per heavy atom. The van der Waals surface area contributed by atoms with Crippen molar-refractivity contribution in [2.45, 2.75) is 25.4 Å². The molecule has 5 nitrogen and oxygen atoms in total. The predicted octanol–water partition coefficient (Wildman–Crippen LogP) is 1.30. The van der Waals surface area contributed by atoms with Gasteiger partial charge in [0.25, 0.3) is 5.91 Å². The smallest absolute Gasteiger partial charge is 0.255 e. The summed E-state index contributed by atoms with van der Waals surface area (Å²) < 4.78 is 0. The molecule has 0 aromatic carbocycles. The number of anilines is 1. The van der Waals surface area contributed by atoms with Gasteiger partial charge in [-0.15, -0.1) is 0 Å². The van der Waals surface area contributed by atoms with Crippen molar-refractivity contribution in [3.8, 4) is 0 Å². The van der Waals surface area contributed by atoms with E-state index in [9.17, 15) is 9.90 Å². The highest BCUT2D eigenvalue weighted by Crippen LogP contribution is 2.23. The Hall–Kier alpha value is -1.33. The molecule has 1 aromatic rings. The van der Waals surface area contributed by atoms with E-state index < -0.39 is 5.60 Å². The molecule has 2 heterocycles. The summed E-state index contributed by atoms with van der Waals surface area (Å²) in [5, 5.41) is 10.3. The molecule has 2 rings (SSSR count). The molecule has 1 aliphatic heterocycles. The molecule has 18 heavy (non-hydrogen) atoms. The number of β-amino-alcohol motifs (C(OH)–C–C–N with tert-alkyl or cyclic N) is 1. The number of hydrogen-bond acceptors (Lipinski definition) is 4. The first kappa shape index (κ1) is 13.1. The van der Waals surface area contributed by atoms with E-state index in [0.29, 0.717) is 25.1 Å². The first-order valence-electron chi connectivity index (χ1n) is 5.82. The van der Waals surface area contributed by atoms with Gasteiger partial charge in [0, 0.05) is 19.3 Å². The van der Waals surface area contributed by atoms with Crippen LogP contribution < -0.4 is 5.73 Å². The first-order valence-corrected chi connectivity index (χ1v) is 6.19. The zero-order valence-electron chi connectivity index (χ0n) is 10.2. The van der Waals surface area contributed by atoms with Crippen molar-refractivity contribution >= 4 is 23.3 Å². The fraction of sp³-hybridized carbons (Fsp3) is 0.500. The van der Waals surface area contributed by atoms with Crippen molar-refractivity contribution in [2.75, 3.05) is 18.8 Å². The van der Waals surface area contributed by atoms with Crippen LogP contribution in [0.25, 0.3) is 0 Å². The van der Waals surface area contributed by atoms with Gasteiger partial charge in [-0.3, -0.25) is 4.79 Å². The van der Waals surface area contributed by atoms with Crippen LogP contribution in [0, 0.1) is 0 Å². The van der Waals surface area contributed by atoms with Crippen LogP contribution in [0.4, 0.5) is 5.82 Å². The summed E-state index contributed by atoms with van der Waals surface area (Å²) in [6.07, 6.45) is 2.90. The molecule has 1 fully saturated rings. The fourth-order valence-electron chi connectivity index (χ4n) is 2.14. The van der Waals surface area contributed by atoms with Gasteiger partial charge in [-0.1, -0.05) is 11.6 Å². The van der Waals surface area contributed by atoms with E-state index in [0.717, 1.165) is 6.42 Å². The van der Waals surface area contributed by atoms with Crippen molar-refractivity contribution in [3.63, 3.8) is 0 Å². The van der Waals surface area contributed by atoms with Crippen LogP contribution in [-0.2, 0) is 0 Å². The monoisotopic (exact) mass is 269 g/mol. The van der Waals surface area contributed by atoms with Gasteiger partial charge >= 0.3 is 0 Å². The van der Waals surface area contributed by atoms with Gasteiger partial charge in [0.15, 0.2) is 0 Å². The highest BCUT2D eigenvalue weighted by atomic mass is 35.5. The average Bonchev–Trinajstić information content (AvgIpc) is 2.30. The topological polar surface area (TPSA) is 79.5 Å². The number of piperidine rings is 1. The standard InChI is InChI=1S/C12H16ClN3O2/c1-12(18)3-2-4-16(7-12)11(17)8-5-9(13)10(14)15-6-8/h5-6,18H,2-4,7H2,1H3,(H2,14,15). The molecule has 1 saturated heterocycles. The Kier molecular flexibility index (Phi) is 3.45. The maximum atomic E-state index is 12.2. The lowest BCUT2D eigenvalue weighted by Crippen LogP contribution is -2.48. The van der Waals surface area contributed by atoms with Crippen molar-refractivity contribution in [1.82, 2.24) is 9.88 Å². The second-order valence-electron chi connectivity index (χ2n) is 4.92. The SMILES string of the molecule is CC1(O)CCCN(C(=O)c2cnc(N)c(Cl)c2)C1. The third-order valence-electron chi connectivity index (χ3n) is 3.08. The minimum Gasteiger partial charge on any atom is -0.388 e. The molecule has 0 bridgehead atoms. The Labute approximate surface area is 111 Å². The molecule has 1 aliphatic rings. The van der Waals surface area contributed by atoms with Crippen LogP contribution in [0.2, 0.25) is 5.02 Å². The van der Waals surface area contributed by atoms with Crippen LogP contribution >= 0.6 is 11.6 Å². The van der Waals surface area contributed by atoms with Gasteiger partial charge in [0.2, 0.25) is 0 Å². The summed E-state index contributed by atoms with van der Waals surface area (Å²) in [7, 11) is 0. The quantitative estimate of drug-likeness (QED) is 0.805. The van der Waals surface area contributed by atoms with Gasteiger partial charge in [-0.2, -0.15) is 0 Å². The van der Waals surface area contributed by atoms with Gasteiger partial charge in [-0.25, -0.2) is 4.98 Å². The summed E-state index contributed by atoms with van der Waals surface area (Å²) in [5.74, 6) is 0.0308. The zero-order valence-corrected chi connectivity index (χ0v) is 10.9.